The number of amides is 1. The number of nitrogens with two attached hydrogens (primary N) is 1. The van der Waals surface area contributed by atoms with Crippen molar-refractivity contribution in [3.63, 3.8) is 0 Å². The zero-order valence-corrected chi connectivity index (χ0v) is 16.0. The summed E-state index contributed by atoms with van der Waals surface area (Å²) in [4.78, 5) is 16.3. The van der Waals surface area contributed by atoms with Gasteiger partial charge in [0.25, 0.3) is 5.91 Å². The van der Waals surface area contributed by atoms with Crippen molar-refractivity contribution in [1.29, 1.82) is 5.26 Å². The van der Waals surface area contributed by atoms with Crippen molar-refractivity contribution < 1.29 is 14.3 Å². The number of carbonyl (C=O) groups excluding carboxylic acids is 1. The molecule has 0 saturated carbocycles. The molecule has 0 saturated heterocycles. The molecule has 3 aromatic rings. The second-order valence-electron chi connectivity index (χ2n) is 6.59. The molecule has 1 amide bonds. The number of benzene rings is 2. The van der Waals surface area contributed by atoms with Crippen molar-refractivity contribution in [2.45, 2.75) is 0 Å². The minimum absolute atomic E-state index is 0.156. The third-order valence-corrected chi connectivity index (χ3v) is 4.50. The number of hydrogen-bond donors (Lipinski definition) is 2. The Kier molecular flexibility index (Phi) is 5.42. The van der Waals surface area contributed by atoms with Crippen LogP contribution in [0.15, 0.2) is 66.7 Å². The lowest BCUT2D eigenvalue weighted by molar-refractivity contribution is 0.0997. The average molecular weight is 398 g/mol. The minimum atomic E-state index is -0.611. The first-order valence-electron chi connectivity index (χ1n) is 9.29. The highest BCUT2D eigenvalue weighted by Gasteiger charge is 2.16. The van der Waals surface area contributed by atoms with Crippen LogP contribution >= 0.6 is 0 Å². The number of pyridine rings is 1. The molecule has 0 unspecified atom stereocenters. The molecule has 1 aliphatic heterocycles. The SMILES string of the molecule is N#Cc1cccc(Oc2ccc(Oc3nc(C4=CCNC4)ccc3C(N)=O)cc2)c1. The molecule has 3 N–H and O–H groups in total. The van der Waals surface area contributed by atoms with Crippen molar-refractivity contribution >= 4 is 11.5 Å². The van der Waals surface area contributed by atoms with Crippen molar-refractivity contribution in [3.8, 4) is 29.2 Å². The van der Waals surface area contributed by atoms with Gasteiger partial charge in [-0.15, -0.1) is 0 Å². The predicted molar refractivity (Wildman–Crippen MR) is 111 cm³/mol. The molecule has 0 fully saturated rings. The topological polar surface area (TPSA) is 110 Å². The van der Waals surface area contributed by atoms with Crippen LogP contribution < -0.4 is 20.5 Å². The first kappa shape index (κ1) is 19.2. The van der Waals surface area contributed by atoms with Crippen LogP contribution in [0.25, 0.3) is 5.57 Å². The zero-order chi connectivity index (χ0) is 20.9. The van der Waals surface area contributed by atoms with E-state index in [1.165, 1.54) is 0 Å². The molecule has 0 radical (unpaired) electrons. The van der Waals surface area contributed by atoms with Crippen LogP contribution in [0, 0.1) is 11.3 Å². The molecule has 30 heavy (non-hydrogen) atoms. The lowest BCUT2D eigenvalue weighted by Crippen LogP contribution is -2.14. The van der Waals surface area contributed by atoms with Crippen LogP contribution in [0.4, 0.5) is 0 Å². The second-order valence-corrected chi connectivity index (χ2v) is 6.59. The number of carbonyl (C=O) groups is 1. The number of primary amides is 1. The number of hydrogen-bond acceptors (Lipinski definition) is 6. The first-order chi connectivity index (χ1) is 14.6. The van der Waals surface area contributed by atoms with Crippen molar-refractivity contribution in [2.24, 2.45) is 5.73 Å². The van der Waals surface area contributed by atoms with Gasteiger partial charge in [0, 0.05) is 13.1 Å². The van der Waals surface area contributed by atoms with Gasteiger partial charge in [-0.2, -0.15) is 5.26 Å². The van der Waals surface area contributed by atoms with E-state index in [1.54, 1.807) is 60.7 Å². The number of nitrogens with zero attached hydrogens (tertiary/aromatic N) is 2. The highest BCUT2D eigenvalue weighted by atomic mass is 16.5. The average Bonchev–Trinajstić information content (AvgIpc) is 3.30. The van der Waals surface area contributed by atoms with E-state index in [0.29, 0.717) is 29.4 Å². The molecular weight excluding hydrogens is 380 g/mol. The fourth-order valence-electron chi connectivity index (χ4n) is 3.01. The van der Waals surface area contributed by atoms with Crippen LogP contribution in [0.5, 0.6) is 23.1 Å². The van der Waals surface area contributed by atoms with Gasteiger partial charge < -0.3 is 20.5 Å². The van der Waals surface area contributed by atoms with Crippen molar-refractivity contribution in [3.05, 3.63) is 83.6 Å². The summed E-state index contributed by atoms with van der Waals surface area (Å²) in [5.74, 6) is 1.17. The van der Waals surface area contributed by atoms with E-state index >= 15 is 0 Å². The summed E-state index contributed by atoms with van der Waals surface area (Å²) in [6.45, 7) is 1.49. The Labute approximate surface area is 173 Å². The predicted octanol–water partition coefficient (Wildman–Crippen LogP) is 3.62. The Morgan fingerprint density at radius 2 is 1.80 bits per heavy atom. The largest absolute Gasteiger partial charge is 0.457 e. The Hall–Kier alpha value is -4.15. The maximum absolute atomic E-state index is 11.8. The summed E-state index contributed by atoms with van der Waals surface area (Å²) in [5.41, 5.74) is 7.98. The second kappa shape index (κ2) is 8.47. The van der Waals surface area contributed by atoms with Gasteiger partial charge in [0.1, 0.15) is 22.8 Å². The maximum atomic E-state index is 11.8. The number of rotatable bonds is 6. The maximum Gasteiger partial charge on any atom is 0.254 e. The van der Waals surface area contributed by atoms with Gasteiger partial charge in [0.15, 0.2) is 0 Å². The molecule has 0 spiro atoms. The third kappa shape index (κ3) is 4.29. The molecule has 0 bridgehead atoms. The molecule has 148 valence electrons. The highest BCUT2D eigenvalue weighted by molar-refractivity contribution is 5.95. The van der Waals surface area contributed by atoms with Gasteiger partial charge >= 0.3 is 0 Å². The smallest absolute Gasteiger partial charge is 0.254 e. The normalized spacial score (nSPS) is 12.7. The van der Waals surface area contributed by atoms with Crippen LogP contribution in [0.2, 0.25) is 0 Å². The molecule has 1 aliphatic rings. The fourth-order valence-corrected chi connectivity index (χ4v) is 3.01. The fraction of sp³-hybridized carbons (Fsp3) is 0.0870. The molecule has 7 heteroatoms. The molecule has 0 atom stereocenters. The number of nitriles is 1. The van der Waals surface area contributed by atoms with Gasteiger partial charge in [-0.05, 0) is 60.2 Å². The van der Waals surface area contributed by atoms with Crippen LogP contribution in [0.1, 0.15) is 21.6 Å². The molecule has 0 aliphatic carbocycles. The van der Waals surface area contributed by atoms with Gasteiger partial charge in [0.05, 0.1) is 17.3 Å². The Bertz CT molecular complexity index is 1160. The van der Waals surface area contributed by atoms with Gasteiger partial charge in [0.2, 0.25) is 5.88 Å². The standard InChI is InChI=1S/C23H18N4O3/c24-13-15-2-1-3-19(12-15)29-17-4-6-18(7-5-17)30-23-20(22(25)28)8-9-21(27-23)16-10-11-26-14-16/h1-10,12,26H,11,14H2,(H2,25,28). The van der Waals surface area contributed by atoms with Gasteiger partial charge in [-0.25, -0.2) is 4.98 Å². The summed E-state index contributed by atoms with van der Waals surface area (Å²) < 4.78 is 11.6. The van der Waals surface area contributed by atoms with Crippen LogP contribution in [0.3, 0.4) is 0 Å². The quantitative estimate of drug-likeness (QED) is 0.656. The first-order valence-corrected chi connectivity index (χ1v) is 9.29. The number of ether oxygens (including phenoxy) is 2. The minimum Gasteiger partial charge on any atom is -0.457 e. The lowest BCUT2D eigenvalue weighted by Gasteiger charge is -2.11. The summed E-state index contributed by atoms with van der Waals surface area (Å²) in [6.07, 6.45) is 2.05. The Morgan fingerprint density at radius 1 is 1.03 bits per heavy atom. The molecule has 2 aromatic carbocycles. The Morgan fingerprint density at radius 3 is 2.47 bits per heavy atom. The van der Waals surface area contributed by atoms with E-state index in [0.717, 1.165) is 17.8 Å². The molecular formula is C23H18N4O3. The molecule has 4 rings (SSSR count). The number of nitrogens with one attached hydrogen (secondary N) is 1. The highest BCUT2D eigenvalue weighted by Crippen LogP contribution is 2.29. The van der Waals surface area contributed by atoms with E-state index in [9.17, 15) is 4.79 Å². The number of aromatic nitrogens is 1. The summed E-state index contributed by atoms with van der Waals surface area (Å²) in [5, 5.41) is 12.2. The monoisotopic (exact) mass is 398 g/mol. The van der Waals surface area contributed by atoms with Crippen molar-refractivity contribution in [1.82, 2.24) is 10.3 Å². The van der Waals surface area contributed by atoms with Crippen LogP contribution in [-0.2, 0) is 0 Å². The van der Waals surface area contributed by atoms with Gasteiger partial charge in [-0.1, -0.05) is 12.1 Å². The molecule has 7 nitrogen and oxygen atoms in total. The Balaban J connectivity index is 1.54. The summed E-state index contributed by atoms with van der Waals surface area (Å²) in [6, 6.07) is 19.2. The third-order valence-electron chi connectivity index (χ3n) is 4.50. The van der Waals surface area contributed by atoms with E-state index in [4.69, 9.17) is 20.5 Å². The lowest BCUT2D eigenvalue weighted by atomic mass is 10.1. The zero-order valence-electron chi connectivity index (χ0n) is 16.0. The van der Waals surface area contributed by atoms with Gasteiger partial charge in [-0.3, -0.25) is 4.79 Å². The molecule has 2 heterocycles. The van der Waals surface area contributed by atoms with E-state index in [-0.39, 0.29) is 11.4 Å². The molecule has 1 aromatic heterocycles. The van der Waals surface area contributed by atoms with E-state index in [1.807, 2.05) is 6.08 Å². The van der Waals surface area contributed by atoms with E-state index in [2.05, 4.69) is 16.4 Å². The summed E-state index contributed by atoms with van der Waals surface area (Å²) >= 11 is 0. The summed E-state index contributed by atoms with van der Waals surface area (Å²) in [7, 11) is 0. The van der Waals surface area contributed by atoms with Crippen LogP contribution in [-0.4, -0.2) is 24.0 Å². The van der Waals surface area contributed by atoms with E-state index < -0.39 is 5.91 Å². The van der Waals surface area contributed by atoms with Crippen molar-refractivity contribution in [2.75, 3.05) is 13.1 Å².